The largest absolute Gasteiger partial charge is 0.469 e. The van der Waals surface area contributed by atoms with E-state index in [-0.39, 0.29) is 37.1 Å². The number of aryl methyl sites for hydroxylation is 1. The average molecular weight is 414 g/mol. The molecule has 0 aliphatic rings. The molecule has 1 N–H and O–H groups in total. The molecule has 0 fully saturated rings. The molecular weight excluding hydrogens is 388 g/mol. The fourth-order valence-electron chi connectivity index (χ4n) is 3.08. The summed E-state index contributed by atoms with van der Waals surface area (Å²) in [5.74, 6) is -1.32. The molecule has 0 aliphatic carbocycles. The van der Waals surface area contributed by atoms with Crippen LogP contribution in [0.2, 0.25) is 0 Å². The monoisotopic (exact) mass is 414 g/mol. The number of nitrogens with one attached hydrogen (secondary N) is 1. The van der Waals surface area contributed by atoms with Crippen molar-refractivity contribution in [2.75, 3.05) is 19.0 Å². The number of esters is 2. The molecule has 2 aromatic rings. The van der Waals surface area contributed by atoms with Gasteiger partial charge >= 0.3 is 11.9 Å². The number of ketones is 1. The summed E-state index contributed by atoms with van der Waals surface area (Å²) >= 11 is 0. The Morgan fingerprint density at radius 1 is 1.03 bits per heavy atom. The fourth-order valence-corrected chi connectivity index (χ4v) is 3.08. The lowest BCUT2D eigenvalue weighted by Crippen LogP contribution is -2.16. The zero-order valence-electron chi connectivity index (χ0n) is 17.6. The molecule has 0 atom stereocenters. The molecule has 1 aromatic heterocycles. The standard InChI is InChI=1S/C22H26N2O6/c1-14-11-19(15(2)24(14)10-9-21(27)29-4)20(26)13-30-22(28)12-17-5-7-18(8-6-17)23-16(3)25/h5-8,11H,9-10,12-13H2,1-4H3,(H,23,25). The van der Waals surface area contributed by atoms with Crippen LogP contribution in [0.5, 0.6) is 0 Å². The molecule has 0 saturated heterocycles. The van der Waals surface area contributed by atoms with E-state index in [0.717, 1.165) is 5.69 Å². The van der Waals surface area contributed by atoms with Gasteiger partial charge in [0.05, 0.1) is 20.0 Å². The fraction of sp³-hybridized carbons (Fsp3) is 0.364. The van der Waals surface area contributed by atoms with Gasteiger partial charge in [-0.2, -0.15) is 0 Å². The number of ether oxygens (including phenoxy) is 2. The number of aromatic nitrogens is 1. The number of anilines is 1. The van der Waals surface area contributed by atoms with Gasteiger partial charge in [-0.25, -0.2) is 0 Å². The van der Waals surface area contributed by atoms with Crippen molar-refractivity contribution in [3.63, 3.8) is 0 Å². The van der Waals surface area contributed by atoms with Gasteiger partial charge in [-0.1, -0.05) is 12.1 Å². The van der Waals surface area contributed by atoms with E-state index in [0.29, 0.717) is 29.1 Å². The van der Waals surface area contributed by atoms with E-state index in [2.05, 4.69) is 10.1 Å². The third-order valence-electron chi connectivity index (χ3n) is 4.63. The van der Waals surface area contributed by atoms with E-state index in [4.69, 9.17) is 4.74 Å². The van der Waals surface area contributed by atoms with E-state index >= 15 is 0 Å². The number of Topliss-reactive ketones (excluding diaryl/α,β-unsaturated/α-hetero) is 1. The summed E-state index contributed by atoms with van der Waals surface area (Å²) in [6.45, 7) is 5.10. The molecule has 0 radical (unpaired) electrons. The van der Waals surface area contributed by atoms with Crippen molar-refractivity contribution in [1.29, 1.82) is 0 Å². The molecule has 8 heteroatoms. The van der Waals surface area contributed by atoms with Gasteiger partial charge in [0, 0.05) is 36.1 Å². The SMILES string of the molecule is COC(=O)CCn1c(C)cc(C(=O)COC(=O)Cc2ccc(NC(C)=O)cc2)c1C. The number of carbonyl (C=O) groups excluding carboxylic acids is 4. The average Bonchev–Trinajstić information content (AvgIpc) is 2.99. The maximum atomic E-state index is 12.5. The Balaban J connectivity index is 1.91. The Kier molecular flexibility index (Phi) is 7.91. The maximum Gasteiger partial charge on any atom is 0.310 e. The first kappa shape index (κ1) is 22.9. The maximum absolute atomic E-state index is 12.5. The molecule has 0 saturated carbocycles. The first-order valence-electron chi connectivity index (χ1n) is 9.50. The predicted molar refractivity (Wildman–Crippen MR) is 110 cm³/mol. The number of methoxy groups -OCH3 is 1. The van der Waals surface area contributed by atoms with Gasteiger partial charge in [0.15, 0.2) is 6.61 Å². The van der Waals surface area contributed by atoms with Gasteiger partial charge in [0.1, 0.15) is 0 Å². The molecule has 1 heterocycles. The van der Waals surface area contributed by atoms with Crippen LogP contribution < -0.4 is 5.32 Å². The van der Waals surface area contributed by atoms with Gasteiger partial charge in [-0.3, -0.25) is 19.2 Å². The second kappa shape index (κ2) is 10.4. The molecule has 0 unspecified atom stereocenters. The lowest BCUT2D eigenvalue weighted by atomic mass is 10.1. The first-order valence-corrected chi connectivity index (χ1v) is 9.50. The third-order valence-corrected chi connectivity index (χ3v) is 4.63. The highest BCUT2D eigenvalue weighted by molar-refractivity contribution is 5.99. The van der Waals surface area contributed by atoms with Crippen LogP contribution in [-0.4, -0.2) is 41.9 Å². The first-order chi connectivity index (χ1) is 14.2. The van der Waals surface area contributed by atoms with Crippen molar-refractivity contribution in [1.82, 2.24) is 4.57 Å². The van der Waals surface area contributed by atoms with Crippen LogP contribution in [0.3, 0.4) is 0 Å². The second-order valence-corrected chi connectivity index (χ2v) is 6.90. The van der Waals surface area contributed by atoms with Gasteiger partial charge in [-0.15, -0.1) is 0 Å². The Morgan fingerprint density at radius 3 is 2.30 bits per heavy atom. The summed E-state index contributed by atoms with van der Waals surface area (Å²) in [5, 5.41) is 2.65. The molecule has 0 aliphatic heterocycles. The van der Waals surface area contributed by atoms with Crippen molar-refractivity contribution in [3.05, 3.63) is 52.8 Å². The van der Waals surface area contributed by atoms with Crippen molar-refractivity contribution >= 4 is 29.3 Å². The molecule has 1 amide bonds. The van der Waals surface area contributed by atoms with Crippen LogP contribution in [0.15, 0.2) is 30.3 Å². The summed E-state index contributed by atoms with van der Waals surface area (Å²) in [6, 6.07) is 8.53. The molecular formula is C22H26N2O6. The summed E-state index contributed by atoms with van der Waals surface area (Å²) < 4.78 is 11.6. The summed E-state index contributed by atoms with van der Waals surface area (Å²) in [4.78, 5) is 47.0. The minimum Gasteiger partial charge on any atom is -0.469 e. The number of carbonyl (C=O) groups is 4. The van der Waals surface area contributed by atoms with Crippen LogP contribution in [0.4, 0.5) is 5.69 Å². The number of rotatable bonds is 9. The van der Waals surface area contributed by atoms with E-state index in [1.165, 1.54) is 14.0 Å². The molecule has 1 aromatic carbocycles. The number of benzene rings is 1. The van der Waals surface area contributed by atoms with Crippen LogP contribution in [0.25, 0.3) is 0 Å². The zero-order valence-corrected chi connectivity index (χ0v) is 17.6. The predicted octanol–water partition coefficient (Wildman–Crippen LogP) is 2.60. The van der Waals surface area contributed by atoms with Gasteiger partial charge < -0.3 is 19.4 Å². The smallest absolute Gasteiger partial charge is 0.310 e. The Morgan fingerprint density at radius 2 is 1.70 bits per heavy atom. The topological polar surface area (TPSA) is 104 Å². The second-order valence-electron chi connectivity index (χ2n) is 6.90. The number of hydrogen-bond donors (Lipinski definition) is 1. The van der Waals surface area contributed by atoms with Gasteiger partial charge in [0.25, 0.3) is 0 Å². The molecule has 30 heavy (non-hydrogen) atoms. The third kappa shape index (κ3) is 6.30. The number of hydrogen-bond acceptors (Lipinski definition) is 6. The minimum absolute atomic E-state index is 0.0196. The highest BCUT2D eigenvalue weighted by Crippen LogP contribution is 2.17. The van der Waals surface area contributed by atoms with Crippen LogP contribution in [0.1, 0.15) is 40.7 Å². The highest BCUT2D eigenvalue weighted by atomic mass is 16.5. The molecule has 0 bridgehead atoms. The van der Waals surface area contributed by atoms with Crippen molar-refractivity contribution < 1.29 is 28.7 Å². The molecule has 8 nitrogen and oxygen atoms in total. The summed E-state index contributed by atoms with van der Waals surface area (Å²) in [7, 11) is 1.33. The van der Waals surface area contributed by atoms with E-state index < -0.39 is 5.97 Å². The zero-order chi connectivity index (χ0) is 22.3. The van der Waals surface area contributed by atoms with Gasteiger partial charge in [0.2, 0.25) is 11.7 Å². The van der Waals surface area contributed by atoms with E-state index in [1.54, 1.807) is 37.3 Å². The van der Waals surface area contributed by atoms with Crippen molar-refractivity contribution in [2.45, 2.75) is 40.2 Å². The van der Waals surface area contributed by atoms with Crippen LogP contribution >= 0.6 is 0 Å². The molecule has 160 valence electrons. The molecule has 2 rings (SSSR count). The van der Waals surface area contributed by atoms with Crippen LogP contribution in [0, 0.1) is 13.8 Å². The van der Waals surface area contributed by atoms with E-state index in [1.807, 2.05) is 11.5 Å². The van der Waals surface area contributed by atoms with E-state index in [9.17, 15) is 19.2 Å². The summed E-state index contributed by atoms with van der Waals surface area (Å²) in [6.07, 6.45) is 0.224. The number of nitrogens with zero attached hydrogens (tertiary/aromatic N) is 1. The lowest BCUT2D eigenvalue weighted by molar-refractivity contribution is -0.142. The van der Waals surface area contributed by atoms with Crippen LogP contribution in [-0.2, 0) is 36.8 Å². The highest BCUT2D eigenvalue weighted by Gasteiger charge is 2.18. The van der Waals surface area contributed by atoms with Gasteiger partial charge in [-0.05, 0) is 37.6 Å². The quantitative estimate of drug-likeness (QED) is 0.500. The van der Waals surface area contributed by atoms with Crippen molar-refractivity contribution in [2.24, 2.45) is 0 Å². The summed E-state index contributed by atoms with van der Waals surface area (Å²) in [5.41, 5.74) is 3.36. The Labute approximate surface area is 175 Å². The minimum atomic E-state index is -0.518. The lowest BCUT2D eigenvalue weighted by Gasteiger charge is -2.09. The Hall–Kier alpha value is -3.42. The normalized spacial score (nSPS) is 10.4. The van der Waals surface area contributed by atoms with Crippen molar-refractivity contribution in [3.8, 4) is 0 Å². The molecule has 0 spiro atoms. The number of amides is 1. The Bertz CT molecular complexity index is 943.